The molecule has 0 spiro atoms. The van der Waals surface area contributed by atoms with E-state index in [0.29, 0.717) is 0 Å². The standard InChI is InChI=1S/C9H16N2O4/c1-9(2,3)15-8(13)11(4)10-6-7(12)14-5/h6H,1-5H3. The van der Waals surface area contributed by atoms with Crippen LogP contribution in [-0.4, -0.2) is 43.0 Å². The summed E-state index contributed by atoms with van der Waals surface area (Å²) in [6, 6.07) is 0. The summed E-state index contributed by atoms with van der Waals surface area (Å²) >= 11 is 0. The van der Waals surface area contributed by atoms with Crippen LogP contribution in [0.5, 0.6) is 0 Å². The van der Waals surface area contributed by atoms with E-state index in [1.54, 1.807) is 20.8 Å². The summed E-state index contributed by atoms with van der Waals surface area (Å²) in [6.45, 7) is 5.22. The van der Waals surface area contributed by atoms with Crippen molar-refractivity contribution in [2.45, 2.75) is 26.4 Å². The highest BCUT2D eigenvalue weighted by molar-refractivity contribution is 6.23. The number of amides is 1. The van der Waals surface area contributed by atoms with Crippen LogP contribution in [0.3, 0.4) is 0 Å². The SMILES string of the molecule is COC(=O)C=NN(C)C(=O)OC(C)(C)C. The lowest BCUT2D eigenvalue weighted by Gasteiger charge is -2.21. The van der Waals surface area contributed by atoms with Gasteiger partial charge in [-0.1, -0.05) is 0 Å². The minimum atomic E-state index is -0.636. The fourth-order valence-electron chi connectivity index (χ4n) is 0.562. The molecular weight excluding hydrogens is 200 g/mol. The van der Waals surface area contributed by atoms with E-state index in [4.69, 9.17) is 4.74 Å². The van der Waals surface area contributed by atoms with Gasteiger partial charge in [-0.05, 0) is 20.8 Å². The van der Waals surface area contributed by atoms with Gasteiger partial charge in [-0.25, -0.2) is 14.6 Å². The molecule has 0 heterocycles. The van der Waals surface area contributed by atoms with E-state index in [0.717, 1.165) is 11.2 Å². The Morgan fingerprint density at radius 2 is 1.87 bits per heavy atom. The lowest BCUT2D eigenvalue weighted by Crippen LogP contribution is -2.31. The Morgan fingerprint density at radius 3 is 2.27 bits per heavy atom. The van der Waals surface area contributed by atoms with E-state index in [1.165, 1.54) is 14.2 Å². The molecule has 0 aromatic rings. The second-order valence-corrected chi connectivity index (χ2v) is 3.77. The molecular formula is C9H16N2O4. The van der Waals surface area contributed by atoms with Crippen molar-refractivity contribution in [3.63, 3.8) is 0 Å². The van der Waals surface area contributed by atoms with Crippen LogP contribution in [0.1, 0.15) is 20.8 Å². The van der Waals surface area contributed by atoms with Crippen LogP contribution >= 0.6 is 0 Å². The molecule has 0 aliphatic carbocycles. The smallest absolute Gasteiger partial charge is 0.430 e. The number of hydrogen-bond acceptors (Lipinski definition) is 5. The number of hydrazone groups is 1. The van der Waals surface area contributed by atoms with Crippen molar-refractivity contribution in [3.8, 4) is 0 Å². The van der Waals surface area contributed by atoms with Crippen molar-refractivity contribution in [1.29, 1.82) is 0 Å². The summed E-state index contributed by atoms with van der Waals surface area (Å²) in [5.41, 5.74) is -0.591. The molecule has 0 aromatic heterocycles. The highest BCUT2D eigenvalue weighted by Crippen LogP contribution is 2.08. The van der Waals surface area contributed by atoms with Crippen LogP contribution in [0.4, 0.5) is 4.79 Å². The van der Waals surface area contributed by atoms with Gasteiger partial charge in [0.2, 0.25) is 0 Å². The molecule has 0 unspecified atom stereocenters. The van der Waals surface area contributed by atoms with Crippen LogP contribution < -0.4 is 0 Å². The Kier molecular flexibility index (Phi) is 4.77. The lowest BCUT2D eigenvalue weighted by atomic mass is 10.2. The van der Waals surface area contributed by atoms with Crippen molar-refractivity contribution < 1.29 is 19.1 Å². The Balaban J connectivity index is 4.22. The average Bonchev–Trinajstić information content (AvgIpc) is 2.10. The van der Waals surface area contributed by atoms with E-state index in [9.17, 15) is 9.59 Å². The van der Waals surface area contributed by atoms with Gasteiger partial charge in [0.25, 0.3) is 0 Å². The molecule has 6 heteroatoms. The largest absolute Gasteiger partial charge is 0.465 e. The van der Waals surface area contributed by atoms with Gasteiger partial charge in [0.1, 0.15) is 11.8 Å². The topological polar surface area (TPSA) is 68.2 Å². The van der Waals surface area contributed by atoms with Gasteiger partial charge in [0.15, 0.2) is 0 Å². The third-order valence-electron chi connectivity index (χ3n) is 1.20. The normalized spacial score (nSPS) is 11.3. The van der Waals surface area contributed by atoms with E-state index in [2.05, 4.69) is 9.84 Å². The summed E-state index contributed by atoms with van der Waals surface area (Å²) in [5.74, 6) is -0.634. The van der Waals surface area contributed by atoms with Crippen LogP contribution in [0.15, 0.2) is 5.10 Å². The summed E-state index contributed by atoms with van der Waals surface area (Å²) < 4.78 is 9.30. The number of carbonyl (C=O) groups excluding carboxylic acids is 2. The molecule has 15 heavy (non-hydrogen) atoms. The molecule has 0 saturated heterocycles. The summed E-state index contributed by atoms with van der Waals surface area (Å²) in [5, 5.41) is 4.46. The predicted molar refractivity (Wildman–Crippen MR) is 54.5 cm³/mol. The number of esters is 1. The first-order valence-electron chi connectivity index (χ1n) is 4.35. The zero-order valence-corrected chi connectivity index (χ0v) is 9.60. The maximum absolute atomic E-state index is 11.3. The minimum Gasteiger partial charge on any atom is -0.465 e. The Labute approximate surface area is 88.8 Å². The van der Waals surface area contributed by atoms with Crippen molar-refractivity contribution in [2.75, 3.05) is 14.2 Å². The predicted octanol–water partition coefficient (Wildman–Crippen LogP) is 1.01. The Bertz CT molecular complexity index is 268. The van der Waals surface area contributed by atoms with E-state index in [1.807, 2.05) is 0 Å². The third kappa shape index (κ3) is 6.48. The quantitative estimate of drug-likeness (QED) is 0.392. The summed E-state index contributed by atoms with van der Waals surface area (Å²) in [7, 11) is 2.61. The van der Waals surface area contributed by atoms with E-state index >= 15 is 0 Å². The van der Waals surface area contributed by atoms with Gasteiger partial charge in [-0.15, -0.1) is 0 Å². The first kappa shape index (κ1) is 13.4. The molecule has 0 aliphatic heterocycles. The lowest BCUT2D eigenvalue weighted by molar-refractivity contribution is -0.132. The number of nitrogens with zero attached hydrogens (tertiary/aromatic N) is 2. The zero-order chi connectivity index (χ0) is 12.1. The maximum atomic E-state index is 11.3. The van der Waals surface area contributed by atoms with Crippen molar-refractivity contribution in [2.24, 2.45) is 5.10 Å². The van der Waals surface area contributed by atoms with Gasteiger partial charge in [-0.3, -0.25) is 0 Å². The van der Waals surface area contributed by atoms with Gasteiger partial charge < -0.3 is 9.47 Å². The van der Waals surface area contributed by atoms with Crippen molar-refractivity contribution in [3.05, 3.63) is 0 Å². The number of methoxy groups -OCH3 is 1. The second-order valence-electron chi connectivity index (χ2n) is 3.77. The summed E-state index contributed by atoms with van der Waals surface area (Å²) in [6.07, 6.45) is 0.256. The van der Waals surface area contributed by atoms with Crippen LogP contribution in [0.2, 0.25) is 0 Å². The first-order valence-corrected chi connectivity index (χ1v) is 4.35. The number of rotatable bonds is 2. The molecule has 0 radical (unpaired) electrons. The highest BCUT2D eigenvalue weighted by atomic mass is 16.6. The molecule has 0 N–H and O–H groups in total. The second kappa shape index (κ2) is 5.33. The van der Waals surface area contributed by atoms with Gasteiger partial charge in [0.05, 0.1) is 7.11 Å². The molecule has 0 rings (SSSR count). The number of carbonyl (C=O) groups is 2. The van der Waals surface area contributed by atoms with Gasteiger partial charge in [0, 0.05) is 7.05 Å². The van der Waals surface area contributed by atoms with Crippen molar-refractivity contribution in [1.82, 2.24) is 5.01 Å². The molecule has 0 aromatic carbocycles. The fraction of sp³-hybridized carbons (Fsp3) is 0.667. The van der Waals surface area contributed by atoms with Crippen molar-refractivity contribution >= 4 is 18.3 Å². The van der Waals surface area contributed by atoms with Gasteiger partial charge in [-0.2, -0.15) is 5.10 Å². The highest BCUT2D eigenvalue weighted by Gasteiger charge is 2.19. The molecule has 0 fully saturated rings. The molecule has 0 aliphatic rings. The fourth-order valence-corrected chi connectivity index (χ4v) is 0.562. The monoisotopic (exact) mass is 216 g/mol. The minimum absolute atomic E-state index is 0.591. The van der Waals surface area contributed by atoms with Crippen LogP contribution in [0.25, 0.3) is 0 Å². The zero-order valence-electron chi connectivity index (χ0n) is 9.60. The third-order valence-corrected chi connectivity index (χ3v) is 1.20. The summed E-state index contributed by atoms with van der Waals surface area (Å²) in [4.78, 5) is 22.0. The average molecular weight is 216 g/mol. The van der Waals surface area contributed by atoms with E-state index < -0.39 is 17.7 Å². The molecule has 0 atom stereocenters. The van der Waals surface area contributed by atoms with E-state index in [-0.39, 0.29) is 0 Å². The first-order chi connectivity index (χ1) is 6.76. The number of ether oxygens (including phenoxy) is 2. The molecule has 0 saturated carbocycles. The molecule has 6 nitrogen and oxygen atoms in total. The maximum Gasteiger partial charge on any atom is 0.430 e. The molecule has 86 valence electrons. The Morgan fingerprint density at radius 1 is 1.33 bits per heavy atom. The Hall–Kier alpha value is -1.59. The number of hydrogen-bond donors (Lipinski definition) is 0. The van der Waals surface area contributed by atoms with Crippen LogP contribution in [0, 0.1) is 0 Å². The molecule has 1 amide bonds. The molecule has 0 bridgehead atoms. The van der Waals surface area contributed by atoms with Gasteiger partial charge >= 0.3 is 12.1 Å². The van der Waals surface area contributed by atoms with Crippen LogP contribution in [-0.2, 0) is 14.3 Å².